The molecule has 0 saturated heterocycles. The lowest BCUT2D eigenvalue weighted by atomic mass is 9.81. The van der Waals surface area contributed by atoms with E-state index in [0.29, 0.717) is 5.92 Å². The van der Waals surface area contributed by atoms with Gasteiger partial charge in [0.15, 0.2) is 0 Å². The molecule has 2 heterocycles. The first kappa shape index (κ1) is 35.6. The number of anilines is 2. The SMILES string of the molecule is CC1(C)c2cc(-c3cccc4c3c3cccc5c6ccccc6n4c53)ccc2-c2ccc(N(C3=CCC(c4ccccc4)C=C3)c3cccc4c3-c3ccccc3C4(C)C)cc21. The van der Waals surface area contributed by atoms with Crippen LogP contribution in [0.2, 0.25) is 0 Å². The highest BCUT2D eigenvalue weighted by Crippen LogP contribution is 2.56. The van der Waals surface area contributed by atoms with E-state index in [-0.39, 0.29) is 10.8 Å². The quantitative estimate of drug-likeness (QED) is 0.168. The molecule has 13 rings (SSSR count). The summed E-state index contributed by atoms with van der Waals surface area (Å²) < 4.78 is 2.49. The molecule has 2 aromatic heterocycles. The third kappa shape index (κ3) is 4.75. The molecule has 3 aliphatic rings. The number of para-hydroxylation sites is 2. The molecule has 0 N–H and O–H groups in total. The zero-order chi connectivity index (χ0) is 41.5. The molecule has 62 heavy (non-hydrogen) atoms. The molecule has 2 heteroatoms. The molecule has 2 nitrogen and oxygen atoms in total. The van der Waals surface area contributed by atoms with E-state index in [1.807, 2.05) is 0 Å². The van der Waals surface area contributed by atoms with E-state index in [4.69, 9.17) is 0 Å². The lowest BCUT2D eigenvalue weighted by Gasteiger charge is -2.32. The highest BCUT2D eigenvalue weighted by molar-refractivity contribution is 6.25. The van der Waals surface area contributed by atoms with Crippen molar-refractivity contribution in [1.29, 1.82) is 0 Å². The molecular weight excluding hydrogens is 749 g/mol. The number of rotatable bonds is 5. The van der Waals surface area contributed by atoms with Crippen LogP contribution >= 0.6 is 0 Å². The van der Waals surface area contributed by atoms with Gasteiger partial charge in [-0.3, -0.25) is 0 Å². The Morgan fingerprint density at radius 2 is 1.18 bits per heavy atom. The molecule has 8 aromatic carbocycles. The smallest absolute Gasteiger partial charge is 0.0620 e. The maximum absolute atomic E-state index is 2.55. The van der Waals surface area contributed by atoms with Gasteiger partial charge in [-0.05, 0) is 105 Å². The van der Waals surface area contributed by atoms with E-state index < -0.39 is 0 Å². The first-order valence-electron chi connectivity index (χ1n) is 22.2. The molecule has 3 aliphatic carbocycles. The molecule has 0 saturated carbocycles. The second-order valence-electron chi connectivity index (χ2n) is 18.8. The Balaban J connectivity index is 0.952. The van der Waals surface area contributed by atoms with Crippen LogP contribution in [-0.4, -0.2) is 4.40 Å². The van der Waals surface area contributed by atoms with Gasteiger partial charge in [-0.2, -0.15) is 0 Å². The van der Waals surface area contributed by atoms with Gasteiger partial charge in [0.2, 0.25) is 0 Å². The second kappa shape index (κ2) is 12.7. The van der Waals surface area contributed by atoms with Gasteiger partial charge in [0.05, 0.1) is 22.2 Å². The maximum Gasteiger partial charge on any atom is 0.0620 e. The number of nitrogens with zero attached hydrogens (tertiary/aromatic N) is 2. The molecule has 0 amide bonds. The Bertz CT molecular complexity index is 3560. The summed E-state index contributed by atoms with van der Waals surface area (Å²) in [5.41, 5.74) is 22.0. The van der Waals surface area contributed by atoms with Crippen molar-refractivity contribution in [3.05, 3.63) is 222 Å². The van der Waals surface area contributed by atoms with Gasteiger partial charge < -0.3 is 9.30 Å². The topological polar surface area (TPSA) is 7.65 Å². The summed E-state index contributed by atoms with van der Waals surface area (Å²) in [5, 5.41) is 5.28. The van der Waals surface area contributed by atoms with Crippen molar-refractivity contribution in [3.8, 4) is 33.4 Å². The minimum Gasteiger partial charge on any atom is -0.310 e. The van der Waals surface area contributed by atoms with Crippen LogP contribution in [0.25, 0.3) is 71.5 Å². The number of hydrogen-bond acceptors (Lipinski definition) is 1. The number of fused-ring (bicyclic) bond motifs is 12. The lowest BCUT2D eigenvalue weighted by Crippen LogP contribution is -2.20. The average molecular weight is 795 g/mol. The van der Waals surface area contributed by atoms with Crippen molar-refractivity contribution in [1.82, 2.24) is 4.40 Å². The zero-order valence-corrected chi connectivity index (χ0v) is 35.6. The Labute approximate surface area is 363 Å². The van der Waals surface area contributed by atoms with Crippen molar-refractivity contribution in [2.24, 2.45) is 0 Å². The third-order valence-electron chi connectivity index (χ3n) is 14.9. The van der Waals surface area contributed by atoms with E-state index in [9.17, 15) is 0 Å². The van der Waals surface area contributed by atoms with E-state index in [0.717, 1.165) is 6.42 Å². The first-order chi connectivity index (χ1) is 30.3. The van der Waals surface area contributed by atoms with E-state index in [1.165, 1.54) is 116 Å². The summed E-state index contributed by atoms with van der Waals surface area (Å²) in [6.45, 7) is 9.60. The first-order valence-corrected chi connectivity index (χ1v) is 22.2. The summed E-state index contributed by atoms with van der Waals surface area (Å²) >= 11 is 0. The number of allylic oxidation sites excluding steroid dienone is 3. The van der Waals surface area contributed by atoms with Gasteiger partial charge >= 0.3 is 0 Å². The minimum absolute atomic E-state index is 0.0922. The number of benzene rings is 8. The normalized spacial score (nSPS) is 16.8. The van der Waals surface area contributed by atoms with Crippen molar-refractivity contribution in [2.45, 2.75) is 50.9 Å². The molecule has 0 aliphatic heterocycles. The Hall–Kier alpha value is -7.16. The fraction of sp³-hybridized carbons (Fsp3) is 0.133. The summed E-state index contributed by atoms with van der Waals surface area (Å²) in [6.07, 6.45) is 8.19. The summed E-state index contributed by atoms with van der Waals surface area (Å²) in [5.74, 6) is 0.355. The van der Waals surface area contributed by atoms with Crippen molar-refractivity contribution in [3.63, 3.8) is 0 Å². The monoisotopic (exact) mass is 794 g/mol. The van der Waals surface area contributed by atoms with Crippen LogP contribution < -0.4 is 4.90 Å². The van der Waals surface area contributed by atoms with Gasteiger partial charge in [-0.1, -0.05) is 173 Å². The predicted octanol–water partition coefficient (Wildman–Crippen LogP) is 15.9. The largest absolute Gasteiger partial charge is 0.310 e. The average Bonchev–Trinajstić information content (AvgIpc) is 3.98. The molecule has 10 aromatic rings. The lowest BCUT2D eigenvalue weighted by molar-refractivity contribution is 0.660. The highest BCUT2D eigenvalue weighted by atomic mass is 15.2. The van der Waals surface area contributed by atoms with Gasteiger partial charge in [0, 0.05) is 55.2 Å². The summed E-state index contributed by atoms with van der Waals surface area (Å²) in [6, 6.07) is 63.9. The Morgan fingerprint density at radius 3 is 2.03 bits per heavy atom. The van der Waals surface area contributed by atoms with E-state index in [1.54, 1.807) is 0 Å². The Kier molecular flexibility index (Phi) is 7.28. The van der Waals surface area contributed by atoms with Crippen LogP contribution in [0.5, 0.6) is 0 Å². The fourth-order valence-corrected chi connectivity index (χ4v) is 11.8. The molecule has 0 fully saturated rings. The van der Waals surface area contributed by atoms with Crippen LogP contribution in [0.15, 0.2) is 194 Å². The highest BCUT2D eigenvalue weighted by Gasteiger charge is 2.40. The molecule has 1 unspecified atom stereocenters. The predicted molar refractivity (Wildman–Crippen MR) is 261 cm³/mol. The second-order valence-corrected chi connectivity index (χ2v) is 18.8. The van der Waals surface area contributed by atoms with Gasteiger partial charge in [0.1, 0.15) is 0 Å². The maximum atomic E-state index is 2.55. The van der Waals surface area contributed by atoms with Gasteiger partial charge in [0.25, 0.3) is 0 Å². The van der Waals surface area contributed by atoms with Crippen molar-refractivity contribution in [2.75, 3.05) is 4.90 Å². The minimum atomic E-state index is -0.218. The fourth-order valence-electron chi connectivity index (χ4n) is 11.8. The number of aromatic nitrogens is 1. The standard InChI is InChI=1S/C60H46N2/c1-59(2)49-22-10-8-18-47(49)57-50(59)23-14-26-55(57)61(40-30-27-38(28-31-40)37-15-6-5-7-16-37)41-32-34-44-43-33-29-39(35-51(43)60(3,4)52(44)36-41)42-19-13-25-54-56(42)48-21-12-20-46-45-17-9-11-24-53(45)62(54)58(46)48/h5-27,29-36,38H,28H2,1-4H3. The zero-order valence-electron chi connectivity index (χ0n) is 35.6. The van der Waals surface area contributed by atoms with Crippen molar-refractivity contribution >= 4 is 49.5 Å². The molecule has 0 bridgehead atoms. The van der Waals surface area contributed by atoms with Crippen LogP contribution in [-0.2, 0) is 10.8 Å². The van der Waals surface area contributed by atoms with Crippen molar-refractivity contribution < 1.29 is 0 Å². The molecular formula is C60H46N2. The van der Waals surface area contributed by atoms with Crippen LogP contribution in [0, 0.1) is 0 Å². The summed E-state index contributed by atoms with van der Waals surface area (Å²) in [7, 11) is 0. The van der Waals surface area contributed by atoms with E-state index >= 15 is 0 Å². The third-order valence-corrected chi connectivity index (χ3v) is 14.9. The van der Waals surface area contributed by atoms with Crippen LogP contribution in [0.4, 0.5) is 11.4 Å². The van der Waals surface area contributed by atoms with Gasteiger partial charge in [-0.15, -0.1) is 0 Å². The molecule has 296 valence electrons. The Morgan fingerprint density at radius 1 is 0.516 bits per heavy atom. The molecule has 0 spiro atoms. The van der Waals surface area contributed by atoms with Crippen LogP contribution in [0.1, 0.15) is 67.9 Å². The molecule has 0 radical (unpaired) electrons. The summed E-state index contributed by atoms with van der Waals surface area (Å²) in [4.78, 5) is 2.55. The van der Waals surface area contributed by atoms with Crippen LogP contribution in [0.3, 0.4) is 0 Å². The number of hydrogen-bond donors (Lipinski definition) is 0. The van der Waals surface area contributed by atoms with Gasteiger partial charge in [-0.25, -0.2) is 0 Å². The van der Waals surface area contributed by atoms with E-state index in [2.05, 4.69) is 225 Å². The molecule has 1 atom stereocenters.